The van der Waals surface area contributed by atoms with Gasteiger partial charge in [-0.1, -0.05) is 13.8 Å². The van der Waals surface area contributed by atoms with Crippen molar-refractivity contribution in [2.45, 2.75) is 26.4 Å². The molecule has 2 aromatic rings. The second-order valence-electron chi connectivity index (χ2n) is 4.72. The first-order valence-electron chi connectivity index (χ1n) is 6.49. The topological polar surface area (TPSA) is 91.6 Å². The van der Waals surface area contributed by atoms with Crippen molar-refractivity contribution in [3.8, 4) is 5.75 Å². The zero-order valence-corrected chi connectivity index (χ0v) is 12.8. The molecule has 2 rings (SSSR count). The Morgan fingerprint density at radius 2 is 2.05 bits per heavy atom. The molecule has 0 amide bonds. The standard InChI is InChI=1S/C14H14N2O5S/c1-9(2)13-15-10(8-22-13)7-20-14(17)21-12-5-3-11(4-6-12)16(18)19/h3-6,8-9H,7H2,1-2H3. The lowest BCUT2D eigenvalue weighted by Crippen LogP contribution is -2.10. The van der Waals surface area contributed by atoms with Crippen LogP contribution in [0, 0.1) is 10.1 Å². The summed E-state index contributed by atoms with van der Waals surface area (Å²) >= 11 is 1.51. The molecule has 0 N–H and O–H groups in total. The zero-order valence-electron chi connectivity index (χ0n) is 12.0. The fourth-order valence-electron chi connectivity index (χ4n) is 1.55. The van der Waals surface area contributed by atoms with E-state index in [0.717, 1.165) is 5.01 Å². The molecular formula is C14H14N2O5S. The molecular weight excluding hydrogens is 308 g/mol. The molecule has 0 aliphatic carbocycles. The summed E-state index contributed by atoms with van der Waals surface area (Å²) in [6.07, 6.45) is -0.882. The maximum Gasteiger partial charge on any atom is 0.514 e. The number of thiazole rings is 1. The first-order chi connectivity index (χ1) is 10.5. The summed E-state index contributed by atoms with van der Waals surface area (Å²) < 4.78 is 9.87. The van der Waals surface area contributed by atoms with E-state index < -0.39 is 11.1 Å². The number of non-ortho nitro benzene ring substituents is 1. The van der Waals surface area contributed by atoms with E-state index in [9.17, 15) is 14.9 Å². The smallest absolute Gasteiger partial charge is 0.427 e. The van der Waals surface area contributed by atoms with E-state index in [2.05, 4.69) is 4.98 Å². The summed E-state index contributed by atoms with van der Waals surface area (Å²) in [5, 5.41) is 13.3. The molecule has 1 heterocycles. The van der Waals surface area contributed by atoms with E-state index in [4.69, 9.17) is 9.47 Å². The Bertz CT molecular complexity index is 666. The maximum atomic E-state index is 11.5. The molecule has 0 fully saturated rings. The average Bonchev–Trinajstić information content (AvgIpc) is 2.95. The van der Waals surface area contributed by atoms with Crippen LogP contribution >= 0.6 is 11.3 Å². The van der Waals surface area contributed by atoms with Gasteiger partial charge in [0.15, 0.2) is 0 Å². The van der Waals surface area contributed by atoms with E-state index in [1.165, 1.54) is 35.6 Å². The molecule has 0 saturated heterocycles. The number of carbonyl (C=O) groups excluding carboxylic acids is 1. The highest BCUT2D eigenvalue weighted by atomic mass is 32.1. The van der Waals surface area contributed by atoms with Crippen molar-refractivity contribution < 1.29 is 19.2 Å². The maximum absolute atomic E-state index is 11.5. The minimum Gasteiger partial charge on any atom is -0.427 e. The lowest BCUT2D eigenvalue weighted by Gasteiger charge is -2.04. The van der Waals surface area contributed by atoms with Crippen LogP contribution in [0.1, 0.15) is 30.5 Å². The predicted molar refractivity (Wildman–Crippen MR) is 80.1 cm³/mol. The number of hydrogen-bond donors (Lipinski definition) is 0. The van der Waals surface area contributed by atoms with Gasteiger partial charge in [0.2, 0.25) is 0 Å². The van der Waals surface area contributed by atoms with Crippen molar-refractivity contribution in [2.24, 2.45) is 0 Å². The largest absolute Gasteiger partial charge is 0.514 e. The number of nitrogens with zero attached hydrogens (tertiary/aromatic N) is 2. The van der Waals surface area contributed by atoms with Crippen molar-refractivity contribution in [3.05, 3.63) is 50.5 Å². The van der Waals surface area contributed by atoms with Crippen molar-refractivity contribution in [1.82, 2.24) is 4.98 Å². The number of nitro benzene ring substituents is 1. The van der Waals surface area contributed by atoms with Gasteiger partial charge in [0, 0.05) is 23.4 Å². The molecule has 8 heteroatoms. The summed E-state index contributed by atoms with van der Waals surface area (Å²) in [6, 6.07) is 5.16. The lowest BCUT2D eigenvalue weighted by atomic mass is 10.2. The molecule has 0 spiro atoms. The molecule has 22 heavy (non-hydrogen) atoms. The number of aromatic nitrogens is 1. The minimum absolute atomic E-state index is 0.0229. The van der Waals surface area contributed by atoms with Crippen LogP contribution in [0.15, 0.2) is 29.6 Å². The molecule has 7 nitrogen and oxygen atoms in total. The normalized spacial score (nSPS) is 10.5. The molecule has 1 aromatic carbocycles. The first-order valence-corrected chi connectivity index (χ1v) is 7.37. The third-order valence-corrected chi connectivity index (χ3v) is 3.84. The van der Waals surface area contributed by atoms with Gasteiger partial charge in [0.25, 0.3) is 5.69 Å². The Hall–Kier alpha value is -2.48. The highest BCUT2D eigenvalue weighted by Gasteiger charge is 2.11. The molecule has 0 saturated carbocycles. The van der Waals surface area contributed by atoms with E-state index in [-0.39, 0.29) is 18.0 Å². The fourth-order valence-corrected chi connectivity index (χ4v) is 2.37. The monoisotopic (exact) mass is 322 g/mol. The lowest BCUT2D eigenvalue weighted by molar-refractivity contribution is -0.384. The van der Waals surface area contributed by atoms with Gasteiger partial charge in [-0.15, -0.1) is 11.3 Å². The van der Waals surface area contributed by atoms with Gasteiger partial charge in [-0.25, -0.2) is 9.78 Å². The summed E-state index contributed by atoms with van der Waals surface area (Å²) in [5.41, 5.74) is 0.582. The van der Waals surface area contributed by atoms with E-state index in [1.807, 2.05) is 19.2 Å². The van der Waals surface area contributed by atoms with Gasteiger partial charge in [-0.05, 0) is 12.1 Å². The number of carbonyl (C=O) groups is 1. The second-order valence-corrected chi connectivity index (χ2v) is 5.61. The molecule has 0 bridgehead atoms. The van der Waals surface area contributed by atoms with Crippen LogP contribution in [0.5, 0.6) is 5.75 Å². The number of hydrogen-bond acceptors (Lipinski definition) is 7. The zero-order chi connectivity index (χ0) is 16.1. The van der Waals surface area contributed by atoms with Gasteiger partial charge >= 0.3 is 6.16 Å². The third-order valence-electron chi connectivity index (χ3n) is 2.65. The van der Waals surface area contributed by atoms with Crippen LogP contribution in [-0.4, -0.2) is 16.1 Å². The summed E-state index contributed by atoms with van der Waals surface area (Å²) in [5.74, 6) is 0.502. The van der Waals surface area contributed by atoms with Gasteiger partial charge in [-0.2, -0.15) is 0 Å². The summed E-state index contributed by atoms with van der Waals surface area (Å²) in [7, 11) is 0. The van der Waals surface area contributed by atoms with Crippen molar-refractivity contribution in [1.29, 1.82) is 0 Å². The molecule has 0 atom stereocenters. The van der Waals surface area contributed by atoms with E-state index >= 15 is 0 Å². The Morgan fingerprint density at radius 3 is 2.59 bits per heavy atom. The van der Waals surface area contributed by atoms with Gasteiger partial charge in [0.1, 0.15) is 12.4 Å². The molecule has 0 radical (unpaired) electrons. The summed E-state index contributed by atoms with van der Waals surface area (Å²) in [6.45, 7) is 4.09. The highest BCUT2D eigenvalue weighted by molar-refractivity contribution is 7.09. The number of benzene rings is 1. The molecule has 0 aliphatic rings. The van der Waals surface area contributed by atoms with Gasteiger partial charge < -0.3 is 9.47 Å². The minimum atomic E-state index is -0.882. The van der Waals surface area contributed by atoms with E-state index in [0.29, 0.717) is 11.6 Å². The SMILES string of the molecule is CC(C)c1nc(COC(=O)Oc2ccc([N+](=O)[O-])cc2)cs1. The first kappa shape index (κ1) is 15.9. The molecule has 0 unspecified atom stereocenters. The van der Waals surface area contributed by atoms with Crippen molar-refractivity contribution in [3.63, 3.8) is 0 Å². The summed E-state index contributed by atoms with van der Waals surface area (Å²) in [4.78, 5) is 25.9. The predicted octanol–water partition coefficient (Wildman–Crippen LogP) is 3.89. The van der Waals surface area contributed by atoms with Crippen LogP contribution < -0.4 is 4.74 Å². The number of ether oxygens (including phenoxy) is 2. The highest BCUT2D eigenvalue weighted by Crippen LogP contribution is 2.20. The van der Waals surface area contributed by atoms with Gasteiger partial charge in [0.05, 0.1) is 15.6 Å². The van der Waals surface area contributed by atoms with Crippen LogP contribution in [0.3, 0.4) is 0 Å². The second kappa shape index (κ2) is 6.99. The quantitative estimate of drug-likeness (QED) is 0.359. The van der Waals surface area contributed by atoms with Crippen LogP contribution in [0.25, 0.3) is 0 Å². The van der Waals surface area contributed by atoms with Gasteiger partial charge in [-0.3, -0.25) is 10.1 Å². The Morgan fingerprint density at radius 1 is 1.36 bits per heavy atom. The fraction of sp³-hybridized carbons (Fsp3) is 0.286. The van der Waals surface area contributed by atoms with Crippen molar-refractivity contribution in [2.75, 3.05) is 0 Å². The Labute approximate surface area is 130 Å². The molecule has 116 valence electrons. The van der Waals surface area contributed by atoms with Crippen molar-refractivity contribution >= 4 is 23.2 Å². The van der Waals surface area contributed by atoms with Crippen LogP contribution in [-0.2, 0) is 11.3 Å². The van der Waals surface area contributed by atoms with Crippen LogP contribution in [0.2, 0.25) is 0 Å². The Kier molecular flexibility index (Phi) is 5.05. The Balaban J connectivity index is 1.85. The van der Waals surface area contributed by atoms with Crippen LogP contribution in [0.4, 0.5) is 10.5 Å². The molecule has 0 aliphatic heterocycles. The number of nitro groups is 1. The third kappa shape index (κ3) is 4.26. The van der Waals surface area contributed by atoms with E-state index in [1.54, 1.807) is 0 Å². The number of rotatable bonds is 5. The average molecular weight is 322 g/mol. The molecule has 1 aromatic heterocycles.